The molecule has 0 fully saturated rings. The lowest BCUT2D eigenvalue weighted by atomic mass is 9.80. The molecule has 176 valence electrons. The number of rotatable bonds is 10. The van der Waals surface area contributed by atoms with E-state index < -0.39 is 49.3 Å². The maximum Gasteiger partial charge on any atom is 0.309 e. The van der Waals surface area contributed by atoms with Gasteiger partial charge in [0.2, 0.25) is 6.43 Å². The van der Waals surface area contributed by atoms with E-state index in [9.17, 15) is 26.3 Å². The maximum absolute atomic E-state index is 13.0. The molecule has 0 spiro atoms. The van der Waals surface area contributed by atoms with Crippen molar-refractivity contribution in [2.75, 3.05) is 17.6 Å². The van der Waals surface area contributed by atoms with Crippen LogP contribution in [0.3, 0.4) is 0 Å². The van der Waals surface area contributed by atoms with Gasteiger partial charge in [-0.05, 0) is 13.0 Å². The number of nitrogens with zero attached hydrogens (tertiary/aromatic N) is 2. The maximum atomic E-state index is 13.0. The third-order valence-corrected chi connectivity index (χ3v) is 5.02. The number of hydrogen-bond donors (Lipinski definition) is 5. The molecule has 2 rings (SSSR count). The van der Waals surface area contributed by atoms with Gasteiger partial charge in [0.25, 0.3) is 0 Å². The first-order valence-corrected chi connectivity index (χ1v) is 9.26. The van der Waals surface area contributed by atoms with Crippen molar-refractivity contribution >= 4 is 17.3 Å². The van der Waals surface area contributed by atoms with Gasteiger partial charge in [-0.3, -0.25) is 5.41 Å². The summed E-state index contributed by atoms with van der Waals surface area (Å²) < 4.78 is 76.3. The van der Waals surface area contributed by atoms with Crippen molar-refractivity contribution in [2.45, 2.75) is 44.0 Å². The molecule has 7 nitrogen and oxygen atoms in total. The largest absolute Gasteiger partial charge is 0.401 e. The number of aromatic nitrogens is 2. The van der Waals surface area contributed by atoms with Crippen molar-refractivity contribution in [3.8, 4) is 0 Å². The molecule has 0 bridgehead atoms. The molecule has 1 aliphatic rings. The third-order valence-electron chi connectivity index (χ3n) is 5.02. The average molecular weight is 463 g/mol. The van der Waals surface area contributed by atoms with Crippen LogP contribution in [0, 0.1) is 5.41 Å². The Morgan fingerprint density at radius 3 is 2.47 bits per heavy atom. The quantitative estimate of drug-likeness (QED) is 0.267. The van der Waals surface area contributed by atoms with Crippen LogP contribution in [-0.2, 0) is 5.41 Å². The Kier molecular flexibility index (Phi) is 7.10. The van der Waals surface area contributed by atoms with Crippen LogP contribution in [0.4, 0.5) is 38.0 Å². The average Bonchev–Trinajstić information content (AvgIpc) is 2.92. The molecule has 32 heavy (non-hydrogen) atoms. The minimum absolute atomic E-state index is 0.0525. The summed E-state index contributed by atoms with van der Waals surface area (Å²) >= 11 is 0. The Bertz CT molecular complexity index is 960. The van der Waals surface area contributed by atoms with Crippen LogP contribution < -0.4 is 22.1 Å². The summed E-state index contributed by atoms with van der Waals surface area (Å²) in [5, 5.41) is 13.2. The second-order valence-corrected chi connectivity index (χ2v) is 7.33. The first kappa shape index (κ1) is 25.0. The highest BCUT2D eigenvalue weighted by molar-refractivity contribution is 6.04. The second-order valence-electron chi connectivity index (χ2n) is 7.33. The fraction of sp³-hybridized carbons (Fsp3) is 0.421. The highest BCUT2D eigenvalue weighted by atomic mass is 19.3. The topological polar surface area (TPSA) is 126 Å². The number of halogens is 6. The van der Waals surface area contributed by atoms with Gasteiger partial charge in [0.15, 0.2) is 5.82 Å². The molecule has 13 heteroatoms. The minimum Gasteiger partial charge on any atom is -0.401 e. The van der Waals surface area contributed by atoms with Crippen LogP contribution in [0.15, 0.2) is 36.3 Å². The molecule has 0 saturated carbocycles. The summed E-state index contributed by atoms with van der Waals surface area (Å²) in [7, 11) is 0. The smallest absolute Gasteiger partial charge is 0.309 e. The normalized spacial score (nSPS) is 18.7. The molecule has 1 atom stereocenters. The molecule has 1 aromatic heterocycles. The molecule has 0 amide bonds. The van der Waals surface area contributed by atoms with Crippen molar-refractivity contribution in [3.05, 3.63) is 47.7 Å². The molecule has 7 N–H and O–H groups in total. The zero-order chi connectivity index (χ0) is 24.4. The molecular formula is C19H23F6N7. The molecule has 0 saturated heterocycles. The van der Waals surface area contributed by atoms with Gasteiger partial charge in [0.05, 0.1) is 11.0 Å². The van der Waals surface area contributed by atoms with Crippen LogP contribution in [-0.4, -0.2) is 41.0 Å². The van der Waals surface area contributed by atoms with E-state index in [0.29, 0.717) is 11.3 Å². The van der Waals surface area contributed by atoms with E-state index in [1.54, 1.807) is 6.92 Å². The zero-order valence-electron chi connectivity index (χ0n) is 17.1. The van der Waals surface area contributed by atoms with E-state index in [1.807, 2.05) is 0 Å². The molecule has 1 aromatic rings. The first-order valence-electron chi connectivity index (χ1n) is 9.26. The van der Waals surface area contributed by atoms with E-state index >= 15 is 0 Å². The van der Waals surface area contributed by atoms with Crippen molar-refractivity contribution < 1.29 is 26.3 Å². The van der Waals surface area contributed by atoms with Crippen molar-refractivity contribution in [3.63, 3.8) is 0 Å². The number of hydrogen-bond acceptors (Lipinski definition) is 7. The van der Waals surface area contributed by atoms with Crippen LogP contribution in [0.2, 0.25) is 0 Å². The molecule has 0 radical (unpaired) electrons. The molecule has 2 heterocycles. The van der Waals surface area contributed by atoms with E-state index in [2.05, 4.69) is 33.8 Å². The lowest BCUT2D eigenvalue weighted by Crippen LogP contribution is -2.31. The van der Waals surface area contributed by atoms with Gasteiger partial charge in [-0.15, -0.1) is 0 Å². The summed E-state index contributed by atoms with van der Waals surface area (Å²) in [5.74, 6) is -4.38. The summed E-state index contributed by atoms with van der Waals surface area (Å²) in [4.78, 5) is 8.17. The number of allylic oxidation sites excluding steroid dienone is 2. The van der Waals surface area contributed by atoms with Gasteiger partial charge in [0.1, 0.15) is 17.3 Å². The Labute approximate surface area is 180 Å². The van der Waals surface area contributed by atoms with Gasteiger partial charge in [-0.2, -0.15) is 0 Å². The summed E-state index contributed by atoms with van der Waals surface area (Å²) in [6.07, 6.45) is -8.08. The molecular weight excluding hydrogens is 440 g/mol. The van der Waals surface area contributed by atoms with Gasteiger partial charge in [0, 0.05) is 36.5 Å². The van der Waals surface area contributed by atoms with E-state index in [0.717, 1.165) is 6.08 Å². The Balaban J connectivity index is 2.30. The van der Waals surface area contributed by atoms with Crippen molar-refractivity contribution in [1.29, 1.82) is 5.41 Å². The molecule has 0 aromatic carbocycles. The van der Waals surface area contributed by atoms with Gasteiger partial charge < -0.3 is 22.1 Å². The Morgan fingerprint density at radius 2 is 1.94 bits per heavy atom. The van der Waals surface area contributed by atoms with Crippen LogP contribution in [0.5, 0.6) is 0 Å². The van der Waals surface area contributed by atoms with Crippen LogP contribution in [0.25, 0.3) is 0 Å². The van der Waals surface area contributed by atoms with Crippen LogP contribution >= 0.6 is 0 Å². The van der Waals surface area contributed by atoms with Gasteiger partial charge in [-0.25, -0.2) is 36.3 Å². The fourth-order valence-electron chi connectivity index (χ4n) is 3.04. The fourth-order valence-corrected chi connectivity index (χ4v) is 3.04. The summed E-state index contributed by atoms with van der Waals surface area (Å²) in [6, 6.07) is 0. The van der Waals surface area contributed by atoms with Crippen molar-refractivity contribution in [2.24, 2.45) is 5.73 Å². The van der Waals surface area contributed by atoms with Gasteiger partial charge in [-0.1, -0.05) is 13.2 Å². The minimum atomic E-state index is -4.28. The van der Waals surface area contributed by atoms with E-state index in [-0.39, 0.29) is 28.9 Å². The molecule has 1 aliphatic heterocycles. The monoisotopic (exact) mass is 463 g/mol. The summed E-state index contributed by atoms with van der Waals surface area (Å²) in [6.45, 7) is 8.55. The first-order chi connectivity index (χ1) is 14.7. The van der Waals surface area contributed by atoms with Crippen LogP contribution in [0.1, 0.15) is 31.2 Å². The highest BCUT2D eigenvalue weighted by Crippen LogP contribution is 2.47. The van der Waals surface area contributed by atoms with E-state index in [4.69, 9.17) is 16.9 Å². The predicted molar refractivity (Wildman–Crippen MR) is 109 cm³/mol. The number of anilines is 2. The standard InChI is InChI=1S/C19H23F6N7/c1-8(26)18(3)9(2)30-16-13(18)14(28)31-15(32-16)11(27)6-10(7-12(20)21)29-5-4-19(24,25)17(22)23/h6,12,17,27,29H,1-2,4-5,7,26H2,3H3,(H3,28,30,31,32)/b10-6-,27-11?. The van der Waals surface area contributed by atoms with Gasteiger partial charge >= 0.3 is 12.3 Å². The molecule has 0 aliphatic carbocycles. The Morgan fingerprint density at radius 1 is 1.31 bits per heavy atom. The summed E-state index contributed by atoms with van der Waals surface area (Å²) in [5.41, 5.74) is 11.1. The highest BCUT2D eigenvalue weighted by Gasteiger charge is 2.43. The van der Waals surface area contributed by atoms with E-state index in [1.165, 1.54) is 0 Å². The SMILES string of the molecule is C=C(N)C1(C)C(=C)Nc2nc(C(=N)/C=C(/CC(F)F)NCCC(F)(F)C(F)F)nc(N)c21. The second kappa shape index (κ2) is 9.09. The zero-order valence-corrected chi connectivity index (χ0v) is 17.1. The number of fused-ring (bicyclic) bond motifs is 1. The lowest BCUT2D eigenvalue weighted by Gasteiger charge is -2.25. The number of nitrogen functional groups attached to an aromatic ring is 1. The number of alkyl halides is 6. The number of nitrogens with one attached hydrogen (secondary N) is 3. The lowest BCUT2D eigenvalue weighted by molar-refractivity contribution is -0.131. The Hall–Kier alpha value is -3.25. The number of nitrogens with two attached hydrogens (primary N) is 2. The third kappa shape index (κ3) is 4.97. The van der Waals surface area contributed by atoms with Crippen molar-refractivity contribution in [1.82, 2.24) is 15.3 Å². The predicted octanol–water partition coefficient (Wildman–Crippen LogP) is 3.52. The molecule has 1 unspecified atom stereocenters.